The zero-order chi connectivity index (χ0) is 13.7. The van der Waals surface area contributed by atoms with Gasteiger partial charge in [0, 0.05) is 18.2 Å². The number of ether oxygens (including phenoxy) is 1. The fourth-order valence-corrected chi connectivity index (χ4v) is 3.07. The molecule has 0 radical (unpaired) electrons. The average molecular weight is 283 g/mol. The Bertz CT molecular complexity index is 427. The summed E-state index contributed by atoms with van der Waals surface area (Å²) in [5, 5.41) is 7.15. The number of hydrogen-bond donors (Lipinski definition) is 2. The van der Waals surface area contributed by atoms with Crippen molar-refractivity contribution in [1.82, 2.24) is 15.6 Å². The second-order valence-corrected chi connectivity index (χ2v) is 5.90. The van der Waals surface area contributed by atoms with E-state index in [1.165, 1.54) is 4.88 Å². The van der Waals surface area contributed by atoms with E-state index in [4.69, 9.17) is 4.74 Å². The number of thiazole rings is 1. The maximum absolute atomic E-state index is 12.3. The van der Waals surface area contributed by atoms with Gasteiger partial charge in [0.2, 0.25) is 0 Å². The molecule has 2 heterocycles. The minimum atomic E-state index is -0.671. The molecule has 6 heteroatoms. The third-order valence-electron chi connectivity index (χ3n) is 3.57. The van der Waals surface area contributed by atoms with Gasteiger partial charge in [-0.1, -0.05) is 6.92 Å². The van der Waals surface area contributed by atoms with E-state index in [1.54, 1.807) is 18.4 Å². The van der Waals surface area contributed by atoms with Crippen LogP contribution in [-0.2, 0) is 22.5 Å². The summed E-state index contributed by atoms with van der Waals surface area (Å²) >= 11 is 1.65. The molecular formula is C13H21N3O2S. The number of nitrogens with zero attached hydrogens (tertiary/aromatic N) is 1. The lowest BCUT2D eigenvalue weighted by molar-refractivity contribution is -0.146. The highest BCUT2D eigenvalue weighted by molar-refractivity contribution is 7.11. The van der Waals surface area contributed by atoms with Crippen molar-refractivity contribution in [2.45, 2.75) is 38.3 Å². The molecule has 1 fully saturated rings. The van der Waals surface area contributed by atoms with E-state index in [2.05, 4.69) is 22.5 Å². The van der Waals surface area contributed by atoms with Crippen molar-refractivity contribution in [1.29, 1.82) is 0 Å². The summed E-state index contributed by atoms with van der Waals surface area (Å²) in [4.78, 5) is 17.9. The van der Waals surface area contributed by atoms with Gasteiger partial charge in [0.15, 0.2) is 0 Å². The molecule has 1 aliphatic rings. The van der Waals surface area contributed by atoms with Crippen LogP contribution in [0.4, 0.5) is 0 Å². The first-order valence-corrected chi connectivity index (χ1v) is 7.49. The first-order valence-electron chi connectivity index (χ1n) is 6.68. The van der Waals surface area contributed by atoms with Gasteiger partial charge in [0.05, 0.1) is 6.54 Å². The Balaban J connectivity index is 1.92. The molecule has 0 atom stereocenters. The molecule has 1 amide bonds. The monoisotopic (exact) mass is 283 g/mol. The van der Waals surface area contributed by atoms with Gasteiger partial charge in [-0.15, -0.1) is 11.3 Å². The Morgan fingerprint density at radius 2 is 2.32 bits per heavy atom. The minimum absolute atomic E-state index is 0.0234. The normalized spacial score (nSPS) is 18.2. The number of amides is 1. The molecule has 106 valence electrons. The Labute approximate surface area is 117 Å². The van der Waals surface area contributed by atoms with E-state index in [0.717, 1.165) is 24.5 Å². The van der Waals surface area contributed by atoms with Gasteiger partial charge < -0.3 is 15.4 Å². The molecule has 2 N–H and O–H groups in total. The summed E-state index contributed by atoms with van der Waals surface area (Å²) in [5.74, 6) is -0.0234. The summed E-state index contributed by atoms with van der Waals surface area (Å²) in [6, 6.07) is 0. The second kappa shape index (κ2) is 6.45. The molecule has 19 heavy (non-hydrogen) atoms. The van der Waals surface area contributed by atoms with Crippen LogP contribution in [0, 0.1) is 0 Å². The number of carbonyl (C=O) groups excluding carboxylic acids is 1. The van der Waals surface area contributed by atoms with Crippen LogP contribution in [0.3, 0.4) is 0 Å². The van der Waals surface area contributed by atoms with E-state index >= 15 is 0 Å². The van der Waals surface area contributed by atoms with Gasteiger partial charge in [-0.3, -0.25) is 4.79 Å². The highest BCUT2D eigenvalue weighted by Gasteiger charge is 2.39. The number of piperidine rings is 1. The third kappa shape index (κ3) is 3.32. The molecule has 0 aromatic carbocycles. The molecule has 0 unspecified atom stereocenters. The molecular weight excluding hydrogens is 262 g/mol. The molecule has 1 aromatic heterocycles. The Morgan fingerprint density at radius 3 is 2.89 bits per heavy atom. The number of nitrogens with one attached hydrogen (secondary N) is 2. The number of aromatic nitrogens is 1. The molecule has 0 bridgehead atoms. The summed E-state index contributed by atoms with van der Waals surface area (Å²) in [5.41, 5.74) is -0.671. The number of carbonyl (C=O) groups is 1. The fourth-order valence-electron chi connectivity index (χ4n) is 2.26. The van der Waals surface area contributed by atoms with Crippen molar-refractivity contribution in [2.24, 2.45) is 0 Å². The Kier molecular flexibility index (Phi) is 4.90. The predicted molar refractivity (Wildman–Crippen MR) is 75.2 cm³/mol. The van der Waals surface area contributed by atoms with Crippen LogP contribution in [-0.4, -0.2) is 36.7 Å². The lowest BCUT2D eigenvalue weighted by Crippen LogP contribution is -2.53. The van der Waals surface area contributed by atoms with Gasteiger partial charge in [0.1, 0.15) is 10.6 Å². The van der Waals surface area contributed by atoms with Crippen molar-refractivity contribution >= 4 is 17.2 Å². The molecule has 1 aromatic rings. The summed E-state index contributed by atoms with van der Waals surface area (Å²) in [6.45, 7) is 4.23. The average Bonchev–Trinajstić information content (AvgIpc) is 2.93. The zero-order valence-corrected chi connectivity index (χ0v) is 12.3. The third-order valence-corrected chi connectivity index (χ3v) is 4.71. The van der Waals surface area contributed by atoms with Crippen molar-refractivity contribution in [3.8, 4) is 0 Å². The maximum Gasteiger partial charge on any atom is 0.252 e. The van der Waals surface area contributed by atoms with Crippen LogP contribution in [0.15, 0.2) is 6.20 Å². The second-order valence-electron chi connectivity index (χ2n) is 4.70. The lowest BCUT2D eigenvalue weighted by Gasteiger charge is -2.34. The standard InChI is InChI=1S/C13H21N3O2S/c1-3-10-8-15-11(19-10)9-16-12(17)13(18-2)4-6-14-7-5-13/h8,14H,3-7,9H2,1-2H3,(H,16,17). The van der Waals surface area contributed by atoms with Gasteiger partial charge in [-0.05, 0) is 32.4 Å². The topological polar surface area (TPSA) is 63.2 Å². The first-order chi connectivity index (χ1) is 9.20. The van der Waals surface area contributed by atoms with Crippen LogP contribution >= 0.6 is 11.3 Å². The molecule has 5 nitrogen and oxygen atoms in total. The summed E-state index contributed by atoms with van der Waals surface area (Å²) in [6.07, 6.45) is 4.29. The van der Waals surface area contributed by atoms with Crippen LogP contribution in [0.5, 0.6) is 0 Å². The molecule has 1 aliphatic heterocycles. The highest BCUT2D eigenvalue weighted by atomic mass is 32.1. The van der Waals surface area contributed by atoms with Crippen molar-refractivity contribution in [3.63, 3.8) is 0 Å². The molecule has 0 spiro atoms. The number of methoxy groups -OCH3 is 1. The largest absolute Gasteiger partial charge is 0.368 e. The van der Waals surface area contributed by atoms with E-state index < -0.39 is 5.60 Å². The van der Waals surface area contributed by atoms with Gasteiger partial charge in [-0.25, -0.2) is 4.98 Å². The van der Waals surface area contributed by atoms with Gasteiger partial charge in [0.25, 0.3) is 5.91 Å². The van der Waals surface area contributed by atoms with E-state index in [0.29, 0.717) is 19.4 Å². The molecule has 0 saturated carbocycles. The molecule has 2 rings (SSSR count). The van der Waals surface area contributed by atoms with E-state index in [1.807, 2.05) is 6.20 Å². The van der Waals surface area contributed by atoms with Crippen LogP contribution in [0.25, 0.3) is 0 Å². The number of rotatable bonds is 5. The fraction of sp³-hybridized carbons (Fsp3) is 0.692. The highest BCUT2D eigenvalue weighted by Crippen LogP contribution is 2.23. The van der Waals surface area contributed by atoms with Crippen molar-refractivity contribution in [3.05, 3.63) is 16.1 Å². The minimum Gasteiger partial charge on any atom is -0.368 e. The predicted octanol–water partition coefficient (Wildman–Crippen LogP) is 1.09. The quantitative estimate of drug-likeness (QED) is 0.849. The Morgan fingerprint density at radius 1 is 1.58 bits per heavy atom. The molecule has 0 aliphatic carbocycles. The SMILES string of the molecule is CCc1cnc(CNC(=O)C2(OC)CCNCC2)s1. The van der Waals surface area contributed by atoms with Crippen LogP contribution in [0.2, 0.25) is 0 Å². The van der Waals surface area contributed by atoms with Crippen LogP contribution in [0.1, 0.15) is 29.7 Å². The lowest BCUT2D eigenvalue weighted by atomic mass is 9.91. The molecule has 1 saturated heterocycles. The van der Waals surface area contributed by atoms with Gasteiger partial charge >= 0.3 is 0 Å². The summed E-state index contributed by atoms with van der Waals surface area (Å²) < 4.78 is 5.49. The van der Waals surface area contributed by atoms with E-state index in [-0.39, 0.29) is 5.91 Å². The van der Waals surface area contributed by atoms with Crippen molar-refractivity contribution < 1.29 is 9.53 Å². The maximum atomic E-state index is 12.3. The zero-order valence-electron chi connectivity index (χ0n) is 11.5. The van der Waals surface area contributed by atoms with Gasteiger partial charge in [-0.2, -0.15) is 0 Å². The number of hydrogen-bond acceptors (Lipinski definition) is 5. The van der Waals surface area contributed by atoms with E-state index in [9.17, 15) is 4.79 Å². The first kappa shape index (κ1) is 14.4. The van der Waals surface area contributed by atoms with Crippen molar-refractivity contribution in [2.75, 3.05) is 20.2 Å². The smallest absolute Gasteiger partial charge is 0.252 e. The summed E-state index contributed by atoms with van der Waals surface area (Å²) in [7, 11) is 1.61. The Hall–Kier alpha value is -0.980. The van der Waals surface area contributed by atoms with Crippen LogP contribution < -0.4 is 10.6 Å². The number of aryl methyl sites for hydroxylation is 1.